The Balaban J connectivity index is 0.00000380. The van der Waals surface area contributed by atoms with Crippen molar-refractivity contribution in [1.82, 2.24) is 30.3 Å². The molecule has 0 aliphatic carbocycles. The Kier molecular flexibility index (Phi) is 14.9. The fraction of sp³-hybridized carbons (Fsp3) is 0.571. The summed E-state index contributed by atoms with van der Waals surface area (Å²) >= 11 is 3.56. The summed E-state index contributed by atoms with van der Waals surface area (Å²) in [5.74, 6) is -3.03. The van der Waals surface area contributed by atoms with E-state index in [1.807, 2.05) is 27.7 Å². The third-order valence-electron chi connectivity index (χ3n) is 4.96. The van der Waals surface area contributed by atoms with Crippen LogP contribution in [0.1, 0.15) is 27.7 Å². The van der Waals surface area contributed by atoms with Gasteiger partial charge in [-0.05, 0) is 33.3 Å². The summed E-state index contributed by atoms with van der Waals surface area (Å²) in [6.07, 6.45) is 0. The Hall–Kier alpha value is -0.720. The number of carboxylic acids is 1. The molecule has 2 atom stereocenters. The summed E-state index contributed by atoms with van der Waals surface area (Å²) in [5, 5.41) is 32.9. The van der Waals surface area contributed by atoms with Gasteiger partial charge in [0.1, 0.15) is 11.4 Å². The molecule has 2 amide bonds. The maximum absolute atomic E-state index is 12.9. The molecule has 3 rings (SSSR count). The van der Waals surface area contributed by atoms with E-state index in [0.717, 1.165) is 21.3 Å². The number of aryl methyl sites for hydroxylation is 1. The first kappa shape index (κ1) is 36.3. The van der Waals surface area contributed by atoms with Gasteiger partial charge in [0.05, 0.1) is 23.3 Å². The van der Waals surface area contributed by atoms with E-state index in [1.165, 1.54) is 30.6 Å². The summed E-state index contributed by atoms with van der Waals surface area (Å²) in [6, 6.07) is -0.678. The van der Waals surface area contributed by atoms with Gasteiger partial charge in [-0.3, -0.25) is 24.3 Å². The van der Waals surface area contributed by atoms with E-state index in [1.54, 1.807) is 0 Å². The zero-order valence-electron chi connectivity index (χ0n) is 22.8. The molecule has 2 unspecified atom stereocenters. The average molecular weight is 616 g/mol. The minimum atomic E-state index is -1.52. The number of aromatic nitrogens is 3. The second-order valence-electron chi connectivity index (χ2n) is 8.73. The van der Waals surface area contributed by atoms with Gasteiger partial charge in [-0.25, -0.2) is 4.68 Å². The Bertz CT molecular complexity index is 1210. The van der Waals surface area contributed by atoms with Crippen LogP contribution in [0.2, 0.25) is 0 Å². The molecule has 2 aliphatic heterocycles. The van der Waals surface area contributed by atoms with Crippen molar-refractivity contribution in [3.63, 3.8) is 0 Å². The number of aliphatic imine (C=N–C) groups is 1. The molecule has 1 aromatic heterocycles. The molecule has 1 fully saturated rings. The van der Waals surface area contributed by atoms with Gasteiger partial charge < -0.3 is 25.6 Å². The third kappa shape index (κ3) is 9.39. The van der Waals surface area contributed by atoms with Crippen LogP contribution in [0.15, 0.2) is 26.2 Å². The number of hydrogen-bond acceptors (Lipinski definition) is 12. The number of β-lactam (4-membered cyclic amide) rings is 1. The van der Waals surface area contributed by atoms with E-state index < -0.39 is 34.7 Å². The summed E-state index contributed by atoms with van der Waals surface area (Å²) < 4.78 is 1.14. The monoisotopic (exact) mass is 615 g/mol. The van der Waals surface area contributed by atoms with Crippen LogP contribution < -0.4 is 85.5 Å². The first-order valence-corrected chi connectivity index (χ1v) is 14.3. The van der Waals surface area contributed by atoms with Crippen LogP contribution in [0.4, 0.5) is 0 Å². The number of carbonyl (C=O) groups is 3. The van der Waals surface area contributed by atoms with Crippen molar-refractivity contribution in [3.8, 4) is 5.88 Å². The van der Waals surface area contributed by atoms with Crippen LogP contribution in [-0.4, -0.2) is 83.4 Å². The summed E-state index contributed by atoms with van der Waals surface area (Å²) in [5.41, 5.74) is -0.869. The molecule has 1 aromatic rings. The molecule has 39 heavy (non-hydrogen) atoms. The number of amidine groups is 1. The maximum atomic E-state index is 12.9. The van der Waals surface area contributed by atoms with Crippen LogP contribution in [-0.2, 0) is 21.4 Å². The molecule has 13 nitrogen and oxygen atoms in total. The van der Waals surface area contributed by atoms with E-state index in [2.05, 4.69) is 25.7 Å². The Morgan fingerprint density at radius 2 is 1.90 bits per heavy atom. The number of carbonyl (C=O) groups excluding carboxylic acids is 3. The predicted molar refractivity (Wildman–Crippen MR) is 138 cm³/mol. The van der Waals surface area contributed by atoms with Gasteiger partial charge in [0.2, 0.25) is 5.91 Å². The van der Waals surface area contributed by atoms with Gasteiger partial charge in [-0.2, -0.15) is 10.1 Å². The van der Waals surface area contributed by atoms with Crippen molar-refractivity contribution < 1.29 is 83.7 Å². The second kappa shape index (κ2) is 16.1. The third-order valence-corrected chi connectivity index (χ3v) is 8.31. The minimum absolute atomic E-state index is 0. The number of nitrogens with one attached hydrogen (secondary N) is 2. The van der Waals surface area contributed by atoms with E-state index in [4.69, 9.17) is 0 Å². The molecule has 2 N–H and O–H groups in total. The van der Waals surface area contributed by atoms with E-state index in [0.29, 0.717) is 10.7 Å². The van der Waals surface area contributed by atoms with Crippen molar-refractivity contribution in [2.24, 2.45) is 12.0 Å². The first-order valence-electron chi connectivity index (χ1n) is 11.3. The molecule has 2 aliphatic rings. The quantitative estimate of drug-likeness (QED) is 0.0881. The molecule has 0 saturated carbocycles. The number of fused-ring (bicyclic) bond motifs is 1. The van der Waals surface area contributed by atoms with E-state index >= 15 is 0 Å². The molecule has 18 heteroatoms. The average Bonchev–Trinajstić information content (AvgIpc) is 2.80. The number of rotatable bonds is 9. The smallest absolute Gasteiger partial charge is 0.854 e. The molecule has 202 valence electrons. The van der Waals surface area contributed by atoms with Gasteiger partial charge in [-0.15, -0.1) is 11.8 Å². The van der Waals surface area contributed by atoms with Crippen molar-refractivity contribution in [1.29, 1.82) is 0 Å². The Morgan fingerprint density at radius 1 is 1.23 bits per heavy atom. The van der Waals surface area contributed by atoms with Crippen LogP contribution >= 0.6 is 35.3 Å². The summed E-state index contributed by atoms with van der Waals surface area (Å²) in [4.78, 5) is 58.1. The van der Waals surface area contributed by atoms with Crippen LogP contribution in [0, 0.1) is 0 Å². The van der Waals surface area contributed by atoms with Gasteiger partial charge in [0.15, 0.2) is 10.3 Å². The normalized spacial score (nSPS) is 18.7. The standard InChI is InChI=1S/C21H29N7O6S3.2Na/c1-9(2)22-20(23-10(3)4)36-8-12(29)24-13-17(32)28-14(19(33)34)11(6-35-18(13)28)7-37-21-25-15(30)16(31)26-27(21)5;;/h9-10,13,18H,6-8H2,1-5H3,(H,22,23)(H,24,29)(H,26,31)(H,33,34);;/q;2*+1/p-2. The fourth-order valence-electron chi connectivity index (χ4n) is 3.44. The van der Waals surface area contributed by atoms with E-state index in [9.17, 15) is 29.4 Å². The van der Waals surface area contributed by atoms with Crippen molar-refractivity contribution in [3.05, 3.63) is 21.6 Å². The number of thioether (sulfide) groups is 3. The van der Waals surface area contributed by atoms with Gasteiger partial charge in [0, 0.05) is 30.6 Å². The number of carboxylic acid groups (broad SMARTS) is 1. The Morgan fingerprint density at radius 3 is 2.49 bits per heavy atom. The molecule has 0 aromatic carbocycles. The van der Waals surface area contributed by atoms with Crippen molar-refractivity contribution in [2.75, 3.05) is 17.3 Å². The zero-order valence-corrected chi connectivity index (χ0v) is 29.3. The minimum Gasteiger partial charge on any atom is -0.854 e. The van der Waals surface area contributed by atoms with Gasteiger partial charge in [-0.1, -0.05) is 23.5 Å². The number of amides is 2. The number of nitrogens with zero attached hydrogens (tertiary/aromatic N) is 5. The number of hydrogen-bond donors (Lipinski definition) is 2. The topological polar surface area (TPSA) is 185 Å². The van der Waals surface area contributed by atoms with Crippen molar-refractivity contribution >= 4 is 58.2 Å². The van der Waals surface area contributed by atoms with Gasteiger partial charge >= 0.3 is 59.1 Å². The molecule has 0 spiro atoms. The zero-order chi connectivity index (χ0) is 27.4. The summed E-state index contributed by atoms with van der Waals surface area (Å²) in [7, 11) is 1.44. The largest absolute Gasteiger partial charge is 1.00 e. The fourth-order valence-corrected chi connectivity index (χ4v) is 6.78. The maximum Gasteiger partial charge on any atom is 1.00 e. The van der Waals surface area contributed by atoms with Crippen molar-refractivity contribution in [2.45, 2.75) is 56.4 Å². The molecular formula is C21H27N7Na2O6S3. The first-order chi connectivity index (χ1) is 17.4. The molecular weight excluding hydrogens is 588 g/mol. The second-order valence-corrected chi connectivity index (χ2v) is 11.7. The molecule has 0 bridgehead atoms. The van der Waals surface area contributed by atoms with Crippen LogP contribution in [0.25, 0.3) is 0 Å². The molecule has 1 saturated heterocycles. The molecule has 3 heterocycles. The van der Waals surface area contributed by atoms with E-state index in [-0.39, 0.29) is 105 Å². The van der Waals surface area contributed by atoms with Crippen LogP contribution in [0.3, 0.4) is 0 Å². The summed E-state index contributed by atoms with van der Waals surface area (Å²) in [6.45, 7) is 7.78. The SMILES string of the molecule is CC(C)N=C(NC(C)C)SCC(=O)NC1C(=O)N2C(C(=O)[O-])=C(CSc3nc(=O)c([O-])nn3C)CSC12.[Na+].[Na+]. The van der Waals surface area contributed by atoms with Crippen LogP contribution in [0.5, 0.6) is 5.88 Å². The number of aliphatic carboxylic acids is 1. The molecule has 0 radical (unpaired) electrons. The van der Waals surface area contributed by atoms with Gasteiger partial charge in [0.25, 0.3) is 11.5 Å². The predicted octanol–water partition coefficient (Wildman–Crippen LogP) is -7.75. The Labute approximate surface area is 282 Å².